The Hall–Kier alpha value is 1.00. The normalized spacial score (nSPS) is 10.8. The van der Waals surface area contributed by atoms with Crippen LogP contribution in [0.2, 0.25) is 0 Å². The summed E-state index contributed by atoms with van der Waals surface area (Å²) in [6, 6.07) is 0. The molecular weight excluding hydrogens is 1430 g/mol. The van der Waals surface area contributed by atoms with Crippen molar-refractivity contribution in [2.45, 2.75) is 329 Å². The van der Waals surface area contributed by atoms with Crippen LogP contribution in [0, 0.1) is 0 Å². The Morgan fingerprint density at radius 1 is 0.239 bits per heavy atom. The average Bonchev–Trinajstić information content (AvgIpc) is 3.29. The maximum atomic E-state index is 12.4. The van der Waals surface area contributed by atoms with Crippen LogP contribution in [-0.2, 0) is 43.5 Å². The molecule has 0 atom stereocenters. The molecule has 384 valence electrons. The molecule has 13 heteroatoms. The summed E-state index contributed by atoms with van der Waals surface area (Å²) in [6.07, 6.45) is 56.2. The molecule has 6 radical (unpaired) electrons. The minimum atomic E-state index is -1.85. The molecule has 0 heterocycles. The zero-order valence-electron chi connectivity index (χ0n) is 44.0. The number of carbonyl (C=O) groups is 3. The number of hydrogen-bond acceptors (Lipinski definition) is 9. The molecule has 0 saturated heterocycles. The number of hydrogen-bond donors (Lipinski definition) is 0. The molecule has 0 aromatic rings. The fourth-order valence-corrected chi connectivity index (χ4v) is 8.37. The van der Waals surface area contributed by atoms with Gasteiger partial charge in [0.25, 0.3) is 0 Å². The molecule has 0 aliphatic heterocycles. The number of unbranched alkanes of at least 4 members (excludes halogenated alkanes) is 42. The first-order valence-corrected chi connectivity index (χ1v) is 28.1. The van der Waals surface area contributed by atoms with Crippen LogP contribution in [0.5, 0.6) is 0 Å². The summed E-state index contributed by atoms with van der Waals surface area (Å²) in [5, 5.41) is 0. The van der Waals surface area contributed by atoms with E-state index in [-0.39, 0.29) is 97.9 Å². The minimum absolute atomic E-state index is 0. The SMILES string of the molecule is CCCCCCCCCCCCCCCCCC(=O)OOB(OOC(=O)CCCCCCCCCCCCCCCCC)OOC(=O)CCCCCCCCCCCCCCCCC.[Bi+3].[Bi+3].[Bi+3]. The first-order chi connectivity index (χ1) is 31.5. The molecular formula is C54H105BBi3O9+9. The number of rotatable bonds is 54. The third-order valence-corrected chi connectivity index (χ3v) is 12.6. The Kier molecular flexibility index (Phi) is 72.3. The van der Waals surface area contributed by atoms with Gasteiger partial charge in [0.2, 0.25) is 0 Å². The Morgan fingerprint density at radius 3 is 0.522 bits per heavy atom. The second-order valence-corrected chi connectivity index (χ2v) is 19.0. The molecule has 0 spiro atoms. The van der Waals surface area contributed by atoms with E-state index < -0.39 is 25.2 Å². The van der Waals surface area contributed by atoms with Crippen molar-refractivity contribution >= 4 is 104 Å². The molecule has 0 unspecified atom stereocenters. The molecule has 0 N–H and O–H groups in total. The van der Waals surface area contributed by atoms with E-state index in [1.807, 2.05) is 0 Å². The Morgan fingerprint density at radius 2 is 0.373 bits per heavy atom. The van der Waals surface area contributed by atoms with Crippen molar-refractivity contribution in [3.63, 3.8) is 0 Å². The largest absolute Gasteiger partial charge is 3.00 e. The molecule has 0 aliphatic carbocycles. The zero-order valence-corrected chi connectivity index (χ0v) is 54.5. The van der Waals surface area contributed by atoms with Gasteiger partial charge in [0, 0.05) is 19.3 Å². The van der Waals surface area contributed by atoms with Crippen LogP contribution >= 0.6 is 0 Å². The van der Waals surface area contributed by atoms with Gasteiger partial charge in [0.05, 0.1) is 0 Å². The van der Waals surface area contributed by atoms with Gasteiger partial charge in [0.15, 0.2) is 0 Å². The molecule has 0 saturated carbocycles. The van der Waals surface area contributed by atoms with Crippen LogP contribution in [0.15, 0.2) is 0 Å². The van der Waals surface area contributed by atoms with E-state index in [9.17, 15) is 14.4 Å². The van der Waals surface area contributed by atoms with Gasteiger partial charge < -0.3 is 14.7 Å². The van der Waals surface area contributed by atoms with Gasteiger partial charge >= 0.3 is 104 Å². The van der Waals surface area contributed by atoms with Crippen LogP contribution < -0.4 is 0 Å². The fourth-order valence-electron chi connectivity index (χ4n) is 8.37. The molecule has 0 aromatic heterocycles. The van der Waals surface area contributed by atoms with E-state index in [1.165, 1.54) is 231 Å². The smallest absolute Gasteiger partial charge is 0.308 e. The predicted octanol–water partition coefficient (Wildman–Crippen LogP) is 17.0. The summed E-state index contributed by atoms with van der Waals surface area (Å²) in [7, 11) is -1.85. The van der Waals surface area contributed by atoms with Gasteiger partial charge in [-0.2, -0.15) is 14.4 Å². The summed E-state index contributed by atoms with van der Waals surface area (Å²) in [5.41, 5.74) is 0. The monoisotopic (exact) mass is 1540 g/mol. The van der Waals surface area contributed by atoms with E-state index >= 15 is 0 Å². The maximum absolute atomic E-state index is 12.4. The first-order valence-electron chi connectivity index (χ1n) is 28.1. The molecule has 0 aromatic carbocycles. The summed E-state index contributed by atoms with van der Waals surface area (Å²) in [5.74, 6) is -1.79. The van der Waals surface area contributed by atoms with Crippen molar-refractivity contribution in [2.75, 3.05) is 0 Å². The van der Waals surface area contributed by atoms with E-state index in [0.717, 1.165) is 38.5 Å². The Bertz CT molecular complexity index is 866. The van der Waals surface area contributed by atoms with Crippen LogP contribution in [-0.4, -0.2) is 104 Å². The van der Waals surface area contributed by atoms with Crippen LogP contribution in [0.1, 0.15) is 329 Å². The second kappa shape index (κ2) is 65.0. The topological polar surface area (TPSA) is 107 Å². The quantitative estimate of drug-likeness (QED) is 0.0255. The van der Waals surface area contributed by atoms with Crippen molar-refractivity contribution < 1.29 is 43.5 Å². The molecule has 0 rings (SSSR count). The summed E-state index contributed by atoms with van der Waals surface area (Å²) >= 11 is 0. The maximum Gasteiger partial charge on any atom is 3.00 e. The molecule has 0 fully saturated rings. The van der Waals surface area contributed by atoms with Crippen molar-refractivity contribution in [3.05, 3.63) is 0 Å². The first kappa shape index (κ1) is 74.5. The average molecular weight is 1540 g/mol. The van der Waals surface area contributed by atoms with E-state index in [1.54, 1.807) is 0 Å². The van der Waals surface area contributed by atoms with Gasteiger partial charge in [0.1, 0.15) is 0 Å². The Labute approximate surface area is 472 Å². The third-order valence-electron chi connectivity index (χ3n) is 12.6. The fraction of sp³-hybridized carbons (Fsp3) is 0.944. The van der Waals surface area contributed by atoms with Gasteiger partial charge in [-0.3, -0.25) is 0 Å². The second-order valence-electron chi connectivity index (χ2n) is 19.0. The Balaban J connectivity index is -0.00000661. The summed E-state index contributed by atoms with van der Waals surface area (Å²) < 4.78 is 0. The zero-order chi connectivity index (χ0) is 46.5. The summed E-state index contributed by atoms with van der Waals surface area (Å²) in [4.78, 5) is 66.9. The van der Waals surface area contributed by atoms with Gasteiger partial charge in [-0.25, -0.2) is 14.4 Å². The van der Waals surface area contributed by atoms with E-state index in [0.29, 0.717) is 19.3 Å². The van der Waals surface area contributed by atoms with Crippen molar-refractivity contribution in [2.24, 2.45) is 0 Å². The van der Waals surface area contributed by atoms with Gasteiger partial charge in [-0.15, -0.1) is 0 Å². The van der Waals surface area contributed by atoms with E-state index in [2.05, 4.69) is 20.8 Å². The van der Waals surface area contributed by atoms with Crippen LogP contribution in [0.3, 0.4) is 0 Å². The van der Waals surface area contributed by atoms with Crippen LogP contribution in [0.25, 0.3) is 0 Å². The van der Waals surface area contributed by atoms with E-state index in [4.69, 9.17) is 29.1 Å². The van der Waals surface area contributed by atoms with Gasteiger partial charge in [-0.1, -0.05) is 290 Å². The minimum Gasteiger partial charge on any atom is -0.308 e. The van der Waals surface area contributed by atoms with Crippen molar-refractivity contribution in [3.8, 4) is 0 Å². The van der Waals surface area contributed by atoms with Gasteiger partial charge in [-0.05, 0) is 19.3 Å². The summed E-state index contributed by atoms with van der Waals surface area (Å²) in [6.45, 7) is 6.79. The molecule has 0 aliphatic rings. The standard InChI is InChI=1S/C54H105BO9.3Bi/c1-4-7-10-13-16-19-22-25-28-31-34-37-40-43-46-49-52(56)59-62-55(63-60-53(57)50-47-44-41-38-35-32-29-26-23-20-17-14-11-8-5-2)64-61-54(58)51-48-45-42-39-36-33-30-27-24-21-18-15-12-9-6-3;;;/h4-51H2,1-3H3;;;/q;3*+3. The van der Waals surface area contributed by atoms with Crippen LogP contribution in [0.4, 0.5) is 0 Å². The molecule has 67 heavy (non-hydrogen) atoms. The number of carbonyl (C=O) groups excluding carboxylic acids is 3. The predicted molar refractivity (Wildman–Crippen MR) is 283 cm³/mol. The molecule has 9 nitrogen and oxygen atoms in total. The van der Waals surface area contributed by atoms with Crippen molar-refractivity contribution in [1.82, 2.24) is 0 Å². The molecule has 0 amide bonds. The third kappa shape index (κ3) is 63.1. The van der Waals surface area contributed by atoms with Crippen molar-refractivity contribution in [1.29, 1.82) is 0 Å². The molecule has 0 bridgehead atoms.